The number of sulfone groups is 1. The van der Waals surface area contributed by atoms with Crippen LogP contribution in [0.4, 0.5) is 0 Å². The number of nitrogens with one attached hydrogen (secondary N) is 1. The lowest BCUT2D eigenvalue weighted by atomic mass is 10.1. The van der Waals surface area contributed by atoms with Crippen molar-refractivity contribution in [3.63, 3.8) is 0 Å². The molecule has 2 aromatic rings. The Labute approximate surface area is 158 Å². The molecular weight excluding hydrogens is 366 g/mol. The number of hydrogen-bond donors (Lipinski definition) is 1. The zero-order valence-corrected chi connectivity index (χ0v) is 15.7. The number of amides is 1. The maximum absolute atomic E-state index is 12.6. The van der Waals surface area contributed by atoms with E-state index in [1.54, 1.807) is 36.4 Å². The number of carbonyl (C=O) groups excluding carboxylic acids is 2. The van der Waals surface area contributed by atoms with E-state index >= 15 is 0 Å². The summed E-state index contributed by atoms with van der Waals surface area (Å²) in [6.07, 6.45) is 1.92. The predicted molar refractivity (Wildman–Crippen MR) is 101 cm³/mol. The highest BCUT2D eigenvalue weighted by molar-refractivity contribution is 7.89. The third kappa shape index (κ3) is 5.65. The van der Waals surface area contributed by atoms with Crippen molar-refractivity contribution in [2.24, 2.45) is 0 Å². The molecule has 3 rings (SSSR count). The van der Waals surface area contributed by atoms with Crippen LogP contribution in [0.2, 0.25) is 0 Å². The fraction of sp³-hybridized carbons (Fsp3) is 0.300. The standard InChI is InChI=1S/C20H21NO5S/c1-27(24,25)13-14-6-5-9-16(12-14)20(23)26-18(15-7-3-2-4-8-15)19(22)21-17-10-11-17/h2-9,12,17-18H,10-11,13H2,1H3,(H,21,22)/t18-/m1/s1. The molecule has 142 valence electrons. The molecule has 0 aromatic heterocycles. The summed E-state index contributed by atoms with van der Waals surface area (Å²) >= 11 is 0. The Kier molecular flexibility index (Phi) is 5.60. The van der Waals surface area contributed by atoms with Gasteiger partial charge in [0.1, 0.15) is 0 Å². The summed E-state index contributed by atoms with van der Waals surface area (Å²) in [5.41, 5.74) is 1.28. The van der Waals surface area contributed by atoms with Gasteiger partial charge in [-0.05, 0) is 30.5 Å². The molecule has 7 heteroatoms. The van der Waals surface area contributed by atoms with Crippen molar-refractivity contribution < 1.29 is 22.7 Å². The van der Waals surface area contributed by atoms with E-state index in [1.807, 2.05) is 6.07 Å². The molecule has 0 spiro atoms. The summed E-state index contributed by atoms with van der Waals surface area (Å²) in [5.74, 6) is -1.20. The smallest absolute Gasteiger partial charge is 0.339 e. The molecule has 1 aliphatic rings. The molecule has 1 fully saturated rings. The van der Waals surface area contributed by atoms with Crippen LogP contribution in [0.25, 0.3) is 0 Å². The number of esters is 1. The van der Waals surface area contributed by atoms with E-state index in [0.717, 1.165) is 19.1 Å². The van der Waals surface area contributed by atoms with Gasteiger partial charge in [-0.25, -0.2) is 13.2 Å². The molecule has 0 aliphatic heterocycles. The summed E-state index contributed by atoms with van der Waals surface area (Å²) in [6.45, 7) is 0. The van der Waals surface area contributed by atoms with Gasteiger partial charge in [0.2, 0.25) is 6.10 Å². The van der Waals surface area contributed by atoms with E-state index in [4.69, 9.17) is 4.74 Å². The monoisotopic (exact) mass is 387 g/mol. The van der Waals surface area contributed by atoms with E-state index < -0.39 is 21.9 Å². The van der Waals surface area contributed by atoms with Crippen molar-refractivity contribution in [1.29, 1.82) is 0 Å². The van der Waals surface area contributed by atoms with E-state index in [-0.39, 0.29) is 23.3 Å². The highest BCUT2D eigenvalue weighted by Gasteiger charge is 2.31. The lowest BCUT2D eigenvalue weighted by Gasteiger charge is -2.18. The number of ether oxygens (including phenoxy) is 1. The lowest BCUT2D eigenvalue weighted by Crippen LogP contribution is -2.33. The summed E-state index contributed by atoms with van der Waals surface area (Å²) in [7, 11) is -3.22. The van der Waals surface area contributed by atoms with Crippen LogP contribution in [0, 0.1) is 0 Å². The maximum atomic E-state index is 12.6. The first-order valence-electron chi connectivity index (χ1n) is 8.65. The fourth-order valence-electron chi connectivity index (χ4n) is 2.67. The van der Waals surface area contributed by atoms with Crippen LogP contribution < -0.4 is 5.32 Å². The van der Waals surface area contributed by atoms with Crippen LogP contribution in [-0.2, 0) is 25.1 Å². The Morgan fingerprint density at radius 1 is 1.11 bits per heavy atom. The first-order valence-corrected chi connectivity index (χ1v) is 10.7. The van der Waals surface area contributed by atoms with Gasteiger partial charge in [-0.15, -0.1) is 0 Å². The van der Waals surface area contributed by atoms with Crippen LogP contribution in [0.15, 0.2) is 54.6 Å². The van der Waals surface area contributed by atoms with Gasteiger partial charge in [0, 0.05) is 17.9 Å². The molecule has 0 radical (unpaired) electrons. The zero-order chi connectivity index (χ0) is 19.4. The van der Waals surface area contributed by atoms with Crippen molar-refractivity contribution in [2.75, 3.05) is 6.26 Å². The second-order valence-electron chi connectivity index (χ2n) is 6.75. The highest BCUT2D eigenvalue weighted by atomic mass is 32.2. The summed E-state index contributed by atoms with van der Waals surface area (Å²) < 4.78 is 28.4. The number of hydrogen-bond acceptors (Lipinski definition) is 5. The molecule has 1 saturated carbocycles. The SMILES string of the molecule is CS(=O)(=O)Cc1cccc(C(=O)O[C@@H](C(=O)NC2CC2)c2ccccc2)c1. The molecule has 6 nitrogen and oxygen atoms in total. The molecule has 1 atom stereocenters. The second kappa shape index (κ2) is 7.92. The van der Waals surface area contributed by atoms with Gasteiger partial charge < -0.3 is 10.1 Å². The third-order valence-corrected chi connectivity index (χ3v) is 4.94. The molecule has 1 amide bonds. The predicted octanol–water partition coefficient (Wildman–Crippen LogP) is 2.41. The number of carbonyl (C=O) groups is 2. The van der Waals surface area contributed by atoms with Crippen molar-refractivity contribution in [3.8, 4) is 0 Å². The van der Waals surface area contributed by atoms with Crippen LogP contribution >= 0.6 is 0 Å². The molecule has 1 N–H and O–H groups in total. The molecule has 0 bridgehead atoms. The average Bonchev–Trinajstić information content (AvgIpc) is 3.43. The molecule has 27 heavy (non-hydrogen) atoms. The van der Waals surface area contributed by atoms with E-state index in [9.17, 15) is 18.0 Å². The summed E-state index contributed by atoms with van der Waals surface area (Å²) in [5, 5.41) is 2.86. The average molecular weight is 387 g/mol. The molecule has 0 unspecified atom stereocenters. The normalized spacial score (nSPS) is 15.0. The van der Waals surface area contributed by atoms with Crippen molar-refractivity contribution in [1.82, 2.24) is 5.32 Å². The van der Waals surface area contributed by atoms with Gasteiger partial charge in [0.25, 0.3) is 5.91 Å². The zero-order valence-electron chi connectivity index (χ0n) is 14.9. The van der Waals surface area contributed by atoms with Crippen molar-refractivity contribution in [2.45, 2.75) is 30.7 Å². The van der Waals surface area contributed by atoms with Crippen LogP contribution in [0.5, 0.6) is 0 Å². The number of rotatable bonds is 7. The molecule has 0 heterocycles. The third-order valence-electron chi connectivity index (χ3n) is 4.08. The van der Waals surface area contributed by atoms with Crippen molar-refractivity contribution in [3.05, 3.63) is 71.3 Å². The quantitative estimate of drug-likeness (QED) is 0.737. The number of benzene rings is 2. The Bertz CT molecular complexity index is 936. The van der Waals surface area contributed by atoms with Crippen LogP contribution in [0.1, 0.15) is 40.4 Å². The minimum Gasteiger partial charge on any atom is -0.444 e. The topological polar surface area (TPSA) is 89.5 Å². The van der Waals surface area contributed by atoms with Crippen LogP contribution in [0.3, 0.4) is 0 Å². The Balaban J connectivity index is 1.79. The Morgan fingerprint density at radius 2 is 1.81 bits per heavy atom. The second-order valence-corrected chi connectivity index (χ2v) is 8.89. The lowest BCUT2D eigenvalue weighted by molar-refractivity contribution is -0.130. The first kappa shape index (κ1) is 19.1. The van der Waals surface area contributed by atoms with Gasteiger partial charge in [-0.2, -0.15) is 0 Å². The largest absolute Gasteiger partial charge is 0.444 e. The molecule has 2 aromatic carbocycles. The van der Waals surface area contributed by atoms with Gasteiger partial charge >= 0.3 is 5.97 Å². The van der Waals surface area contributed by atoms with E-state index in [0.29, 0.717) is 11.1 Å². The van der Waals surface area contributed by atoms with Gasteiger partial charge in [0.05, 0.1) is 11.3 Å². The summed E-state index contributed by atoms with van der Waals surface area (Å²) in [4.78, 5) is 25.1. The molecule has 1 aliphatic carbocycles. The minimum absolute atomic E-state index is 0.139. The summed E-state index contributed by atoms with van der Waals surface area (Å²) in [6, 6.07) is 15.2. The van der Waals surface area contributed by atoms with Gasteiger partial charge in [-0.3, -0.25) is 4.79 Å². The van der Waals surface area contributed by atoms with Gasteiger partial charge in [0.15, 0.2) is 9.84 Å². The van der Waals surface area contributed by atoms with Crippen molar-refractivity contribution >= 4 is 21.7 Å². The Morgan fingerprint density at radius 3 is 2.44 bits per heavy atom. The first-order chi connectivity index (χ1) is 12.8. The van der Waals surface area contributed by atoms with E-state index in [1.165, 1.54) is 12.1 Å². The Hall–Kier alpha value is -2.67. The fourth-order valence-corrected chi connectivity index (χ4v) is 3.46. The molecular formula is C20H21NO5S. The van der Waals surface area contributed by atoms with Gasteiger partial charge in [-0.1, -0.05) is 42.5 Å². The van der Waals surface area contributed by atoms with Crippen LogP contribution in [-0.4, -0.2) is 32.6 Å². The molecule has 0 saturated heterocycles. The van der Waals surface area contributed by atoms with E-state index in [2.05, 4.69) is 5.32 Å². The highest BCUT2D eigenvalue weighted by Crippen LogP contribution is 2.24. The minimum atomic E-state index is -3.22. The maximum Gasteiger partial charge on any atom is 0.339 e.